The molecule has 2 aliphatic rings. The molecule has 7 heteroatoms. The van der Waals surface area contributed by atoms with Gasteiger partial charge in [-0.2, -0.15) is 5.26 Å². The summed E-state index contributed by atoms with van der Waals surface area (Å²) in [7, 11) is 0. The summed E-state index contributed by atoms with van der Waals surface area (Å²) in [4.78, 5) is 4.02. The number of nitrogens with one attached hydrogen (secondary N) is 1. The Hall–Kier alpha value is -2.72. The third-order valence-electron chi connectivity index (χ3n) is 5.19. The lowest BCUT2D eigenvalue weighted by Gasteiger charge is -2.37. The minimum atomic E-state index is -0.548. The predicted molar refractivity (Wildman–Crippen MR) is 104 cm³/mol. The lowest BCUT2D eigenvalue weighted by atomic mass is 9.95. The van der Waals surface area contributed by atoms with E-state index in [1.807, 2.05) is 24.3 Å². The first-order valence-corrected chi connectivity index (χ1v) is 9.34. The van der Waals surface area contributed by atoms with Gasteiger partial charge in [-0.15, -0.1) is 0 Å². The molecule has 0 bridgehead atoms. The maximum Gasteiger partial charge on any atom is 0.189 e. The highest BCUT2D eigenvalue weighted by molar-refractivity contribution is 5.75. The molecule has 2 atom stereocenters. The maximum atomic E-state index is 9.22. The lowest BCUT2D eigenvalue weighted by molar-refractivity contribution is 0.0462. The van der Waals surface area contributed by atoms with Gasteiger partial charge in [-0.05, 0) is 44.0 Å². The summed E-state index contributed by atoms with van der Waals surface area (Å²) < 4.78 is 11.8. The second-order valence-corrected chi connectivity index (χ2v) is 7.09. The van der Waals surface area contributed by atoms with Gasteiger partial charge in [-0.1, -0.05) is 24.8 Å². The fourth-order valence-electron chi connectivity index (χ4n) is 3.68. The largest absolute Gasteiger partial charge is 0.486 e. The molecule has 2 heterocycles. The third-order valence-corrected chi connectivity index (χ3v) is 5.19. The molecule has 0 aliphatic carbocycles. The van der Waals surface area contributed by atoms with Gasteiger partial charge in [-0.25, -0.2) is 0 Å². The van der Waals surface area contributed by atoms with Gasteiger partial charge < -0.3 is 20.1 Å². The zero-order valence-electron chi connectivity index (χ0n) is 15.5. The van der Waals surface area contributed by atoms with Gasteiger partial charge in [0.2, 0.25) is 0 Å². The van der Waals surface area contributed by atoms with E-state index < -0.39 is 6.04 Å². The van der Waals surface area contributed by atoms with Crippen molar-refractivity contribution < 1.29 is 9.47 Å². The monoisotopic (exact) mass is 369 g/mol. The fraction of sp³-hybridized carbons (Fsp3) is 0.500. The molecule has 1 aromatic rings. The highest BCUT2D eigenvalue weighted by Crippen LogP contribution is 2.31. The van der Waals surface area contributed by atoms with Crippen LogP contribution in [0.3, 0.4) is 0 Å². The molecular weight excluding hydrogens is 342 g/mol. The number of nitriles is 1. The van der Waals surface area contributed by atoms with E-state index >= 15 is 0 Å². The van der Waals surface area contributed by atoms with Crippen LogP contribution in [0.15, 0.2) is 36.9 Å². The van der Waals surface area contributed by atoms with Crippen molar-refractivity contribution in [2.45, 2.75) is 25.0 Å². The molecule has 3 N–H and O–H groups in total. The molecule has 3 rings (SSSR count). The minimum absolute atomic E-state index is 0.0360. The predicted octanol–water partition coefficient (Wildman–Crippen LogP) is 1.81. The average Bonchev–Trinajstić information content (AvgIpc) is 2.69. The van der Waals surface area contributed by atoms with Gasteiger partial charge in [-0.3, -0.25) is 10.3 Å². The molecule has 2 unspecified atom stereocenters. The first-order chi connectivity index (χ1) is 13.1. The van der Waals surface area contributed by atoms with Crippen LogP contribution in [-0.4, -0.2) is 60.7 Å². The number of likely N-dealkylation sites (tertiary alicyclic amines) is 1. The van der Waals surface area contributed by atoms with Crippen LogP contribution >= 0.6 is 0 Å². The second-order valence-electron chi connectivity index (χ2n) is 7.09. The number of ether oxygens (including phenoxy) is 2. The van der Waals surface area contributed by atoms with E-state index in [0.717, 1.165) is 44.0 Å². The fourth-order valence-corrected chi connectivity index (χ4v) is 3.68. The number of hydrogen-bond donors (Lipinski definition) is 2. The van der Waals surface area contributed by atoms with Crippen molar-refractivity contribution in [2.75, 3.05) is 32.8 Å². The zero-order valence-corrected chi connectivity index (χ0v) is 15.5. The first-order valence-electron chi connectivity index (χ1n) is 9.34. The Labute approximate surface area is 160 Å². The smallest absolute Gasteiger partial charge is 0.189 e. The van der Waals surface area contributed by atoms with E-state index in [1.54, 1.807) is 4.90 Å². The maximum absolute atomic E-state index is 9.22. The Morgan fingerprint density at radius 3 is 2.74 bits per heavy atom. The second kappa shape index (κ2) is 8.78. The number of guanidine groups is 1. The molecule has 0 saturated carbocycles. The number of nitrogens with zero attached hydrogens (tertiary/aromatic N) is 3. The number of piperidine rings is 1. The topological polar surface area (TPSA) is 98.6 Å². The van der Waals surface area contributed by atoms with Crippen molar-refractivity contribution in [2.24, 2.45) is 11.7 Å². The van der Waals surface area contributed by atoms with Crippen LogP contribution in [0.4, 0.5) is 0 Å². The van der Waals surface area contributed by atoms with Gasteiger partial charge >= 0.3 is 0 Å². The van der Waals surface area contributed by atoms with Crippen molar-refractivity contribution in [3.63, 3.8) is 0 Å². The number of fused-ring (bicyclic) bond motifs is 1. The lowest BCUT2D eigenvalue weighted by Crippen LogP contribution is -2.48. The Kier molecular flexibility index (Phi) is 6.20. The summed E-state index contributed by atoms with van der Waals surface area (Å²) in [6, 6.07) is 9.36. The van der Waals surface area contributed by atoms with E-state index in [-0.39, 0.29) is 12.1 Å². The third kappa shape index (κ3) is 4.72. The van der Waals surface area contributed by atoms with Crippen molar-refractivity contribution in [1.29, 1.82) is 10.7 Å². The summed E-state index contributed by atoms with van der Waals surface area (Å²) in [6.07, 6.45) is 3.58. The summed E-state index contributed by atoms with van der Waals surface area (Å²) in [5, 5.41) is 17.0. The molecular formula is C20H27N5O2. The van der Waals surface area contributed by atoms with Gasteiger partial charge in [0.15, 0.2) is 17.5 Å². The normalized spacial score (nSPS) is 21.1. The summed E-state index contributed by atoms with van der Waals surface area (Å²) in [5.74, 6) is 1.96. The molecule has 27 heavy (non-hydrogen) atoms. The van der Waals surface area contributed by atoms with Gasteiger partial charge in [0, 0.05) is 13.1 Å². The van der Waals surface area contributed by atoms with E-state index in [2.05, 4.69) is 17.5 Å². The number of nitrogens with two attached hydrogens (primary N) is 1. The summed E-state index contributed by atoms with van der Waals surface area (Å²) >= 11 is 0. The molecule has 7 nitrogen and oxygen atoms in total. The van der Waals surface area contributed by atoms with Crippen LogP contribution in [0.1, 0.15) is 12.8 Å². The van der Waals surface area contributed by atoms with Crippen LogP contribution in [-0.2, 0) is 0 Å². The Balaban J connectivity index is 1.47. The SMILES string of the molecule is C=CC(C#N)N(CC1CCN(CC2COc3ccccc3O2)CC1)C(=N)N. The van der Waals surface area contributed by atoms with E-state index in [1.165, 1.54) is 6.08 Å². The highest BCUT2D eigenvalue weighted by atomic mass is 16.6. The van der Waals surface area contributed by atoms with E-state index in [9.17, 15) is 5.26 Å². The molecule has 2 aliphatic heterocycles. The van der Waals surface area contributed by atoms with Gasteiger partial charge in [0.25, 0.3) is 0 Å². The van der Waals surface area contributed by atoms with Crippen LogP contribution in [0, 0.1) is 22.7 Å². The Bertz CT molecular complexity index is 709. The molecule has 1 aromatic carbocycles. The minimum Gasteiger partial charge on any atom is -0.486 e. The molecule has 0 amide bonds. The molecule has 1 fully saturated rings. The molecule has 1 saturated heterocycles. The Morgan fingerprint density at radius 2 is 2.11 bits per heavy atom. The zero-order chi connectivity index (χ0) is 19.2. The van der Waals surface area contributed by atoms with Crippen molar-refractivity contribution in [3.05, 3.63) is 36.9 Å². The summed E-state index contributed by atoms with van der Waals surface area (Å²) in [5.41, 5.74) is 5.67. The molecule has 0 spiro atoms. The van der Waals surface area contributed by atoms with Crippen LogP contribution in [0.2, 0.25) is 0 Å². The number of hydrogen-bond acceptors (Lipinski definition) is 5. The van der Waals surface area contributed by atoms with Crippen molar-refractivity contribution in [1.82, 2.24) is 9.80 Å². The van der Waals surface area contributed by atoms with E-state index in [4.69, 9.17) is 20.6 Å². The van der Waals surface area contributed by atoms with Gasteiger partial charge in [0.1, 0.15) is 18.8 Å². The van der Waals surface area contributed by atoms with Crippen molar-refractivity contribution >= 4 is 5.96 Å². The highest BCUT2D eigenvalue weighted by Gasteiger charge is 2.28. The summed E-state index contributed by atoms with van der Waals surface area (Å²) in [6.45, 7) is 7.61. The quantitative estimate of drug-likeness (QED) is 0.451. The van der Waals surface area contributed by atoms with E-state index in [0.29, 0.717) is 19.1 Å². The first kappa shape index (κ1) is 19.1. The standard InChI is InChI=1S/C20H27N5O2/c1-2-16(11-21)25(20(22)23)12-15-7-9-24(10-8-15)13-17-14-26-18-5-3-4-6-19(18)27-17/h2-6,15-17H,1,7-10,12-14H2,(H3,22,23). The number of para-hydroxylation sites is 2. The number of rotatable bonds is 6. The van der Waals surface area contributed by atoms with Crippen LogP contribution < -0.4 is 15.2 Å². The molecule has 144 valence electrons. The van der Waals surface area contributed by atoms with Crippen LogP contribution in [0.5, 0.6) is 11.5 Å². The molecule has 0 radical (unpaired) electrons. The molecule has 0 aromatic heterocycles. The Morgan fingerprint density at radius 1 is 1.41 bits per heavy atom. The van der Waals surface area contributed by atoms with Crippen LogP contribution in [0.25, 0.3) is 0 Å². The number of benzene rings is 1. The van der Waals surface area contributed by atoms with Crippen molar-refractivity contribution in [3.8, 4) is 17.6 Å². The average molecular weight is 369 g/mol. The van der Waals surface area contributed by atoms with Gasteiger partial charge in [0.05, 0.1) is 6.07 Å².